The lowest BCUT2D eigenvalue weighted by molar-refractivity contribution is 0.231. The van der Waals surface area contributed by atoms with Crippen molar-refractivity contribution in [3.8, 4) is 0 Å². The van der Waals surface area contributed by atoms with Crippen molar-refractivity contribution >= 4 is 19.7 Å². The largest absolute Gasteiger partial charge is 0.301 e. The second-order valence-corrected chi connectivity index (χ2v) is 10.7. The topological polar surface area (TPSA) is 74.8 Å². The zero-order valence-electron chi connectivity index (χ0n) is 12.4. The van der Waals surface area contributed by atoms with Gasteiger partial charge >= 0.3 is 0 Å². The van der Waals surface area contributed by atoms with Gasteiger partial charge in [0.2, 0.25) is 0 Å². The van der Waals surface area contributed by atoms with Gasteiger partial charge in [-0.05, 0) is 25.8 Å². The van der Waals surface area contributed by atoms with Gasteiger partial charge in [-0.3, -0.25) is 0 Å². The minimum absolute atomic E-state index is 0.254. The van der Waals surface area contributed by atoms with Crippen molar-refractivity contribution in [3.63, 3.8) is 0 Å². The van der Waals surface area contributed by atoms with Crippen LogP contribution in [-0.4, -0.2) is 88.9 Å². The first-order valence-electron chi connectivity index (χ1n) is 7.44. The van der Waals surface area contributed by atoms with Crippen LogP contribution in [0.15, 0.2) is 0 Å². The molecule has 1 unspecified atom stereocenters. The maximum absolute atomic E-state index is 11.4. The predicted octanol–water partition coefficient (Wildman–Crippen LogP) is -0.712. The van der Waals surface area contributed by atoms with Crippen molar-refractivity contribution in [3.05, 3.63) is 6.92 Å². The van der Waals surface area contributed by atoms with Gasteiger partial charge in [-0.2, -0.15) is 0 Å². The van der Waals surface area contributed by atoms with Gasteiger partial charge in [-0.25, -0.2) is 16.8 Å². The van der Waals surface area contributed by atoms with E-state index in [4.69, 9.17) is 0 Å². The van der Waals surface area contributed by atoms with E-state index < -0.39 is 19.7 Å². The number of sulfone groups is 2. The maximum atomic E-state index is 11.4. The summed E-state index contributed by atoms with van der Waals surface area (Å²) in [5, 5.41) is 0. The van der Waals surface area contributed by atoms with Crippen LogP contribution < -0.4 is 0 Å². The first kappa shape index (κ1) is 17.2. The van der Waals surface area contributed by atoms with Crippen LogP contribution in [0.5, 0.6) is 0 Å². The fourth-order valence-corrected chi connectivity index (χ4v) is 5.28. The molecule has 2 fully saturated rings. The first-order valence-corrected chi connectivity index (χ1v) is 11.1. The van der Waals surface area contributed by atoms with Crippen molar-refractivity contribution in [2.45, 2.75) is 6.42 Å². The molecule has 2 heterocycles. The van der Waals surface area contributed by atoms with Crippen LogP contribution in [0.25, 0.3) is 0 Å². The third-order valence-corrected chi connectivity index (χ3v) is 7.46. The van der Waals surface area contributed by atoms with Gasteiger partial charge in [0, 0.05) is 32.7 Å². The Morgan fingerprint density at radius 2 is 1.24 bits per heavy atom. The normalized spacial score (nSPS) is 28.2. The van der Waals surface area contributed by atoms with E-state index in [-0.39, 0.29) is 28.9 Å². The summed E-state index contributed by atoms with van der Waals surface area (Å²) in [4.78, 5) is 4.35. The molecule has 123 valence electrons. The molecule has 21 heavy (non-hydrogen) atoms. The van der Waals surface area contributed by atoms with Gasteiger partial charge in [0.15, 0.2) is 19.7 Å². The second kappa shape index (κ2) is 6.93. The zero-order valence-corrected chi connectivity index (χ0v) is 14.0. The highest BCUT2D eigenvalue weighted by Crippen LogP contribution is 2.11. The van der Waals surface area contributed by atoms with Gasteiger partial charge in [-0.1, -0.05) is 0 Å². The highest BCUT2D eigenvalue weighted by atomic mass is 32.2. The van der Waals surface area contributed by atoms with Crippen LogP contribution in [0.2, 0.25) is 0 Å². The summed E-state index contributed by atoms with van der Waals surface area (Å²) >= 11 is 0. The summed E-state index contributed by atoms with van der Waals surface area (Å²) in [5.74, 6) is 1.29. The Hall–Kier alpha value is -0.180. The fourth-order valence-electron chi connectivity index (χ4n) is 2.73. The van der Waals surface area contributed by atoms with Gasteiger partial charge in [0.1, 0.15) is 0 Å². The van der Waals surface area contributed by atoms with E-state index in [0.717, 1.165) is 19.5 Å². The lowest BCUT2D eigenvalue weighted by Gasteiger charge is -2.31. The Morgan fingerprint density at radius 3 is 1.71 bits per heavy atom. The van der Waals surface area contributed by atoms with Crippen molar-refractivity contribution < 1.29 is 16.8 Å². The molecule has 0 bridgehead atoms. The second-order valence-electron chi connectivity index (χ2n) is 6.10. The maximum Gasteiger partial charge on any atom is 0.152 e. The van der Waals surface area contributed by atoms with Crippen molar-refractivity contribution in [1.82, 2.24) is 9.80 Å². The van der Waals surface area contributed by atoms with Crippen LogP contribution in [-0.2, 0) is 19.7 Å². The van der Waals surface area contributed by atoms with E-state index in [0.29, 0.717) is 26.2 Å². The van der Waals surface area contributed by atoms with E-state index >= 15 is 0 Å². The standard InChI is InChI=1S/C13H25N2O4S2/c1-13(12-15-6-10-21(18,19)11-7-15)2-3-14-4-8-20(16,17)9-5-14/h13H,1-12H2. The van der Waals surface area contributed by atoms with Gasteiger partial charge in [0.05, 0.1) is 23.0 Å². The minimum Gasteiger partial charge on any atom is -0.301 e. The van der Waals surface area contributed by atoms with Crippen molar-refractivity contribution in [1.29, 1.82) is 0 Å². The quantitative estimate of drug-likeness (QED) is 0.660. The van der Waals surface area contributed by atoms with Crippen LogP contribution in [0, 0.1) is 12.8 Å². The third kappa shape index (κ3) is 5.84. The number of hydrogen-bond acceptors (Lipinski definition) is 6. The molecule has 1 radical (unpaired) electrons. The molecule has 0 amide bonds. The summed E-state index contributed by atoms with van der Waals surface area (Å²) in [6, 6.07) is 0. The number of nitrogens with zero attached hydrogens (tertiary/aromatic N) is 2. The Morgan fingerprint density at radius 1 is 0.810 bits per heavy atom. The Kier molecular flexibility index (Phi) is 5.67. The van der Waals surface area contributed by atoms with Crippen LogP contribution >= 0.6 is 0 Å². The predicted molar refractivity (Wildman–Crippen MR) is 83.7 cm³/mol. The molecule has 0 aliphatic carbocycles. The molecular weight excluding hydrogens is 312 g/mol. The SMILES string of the molecule is [CH2]C(CCN1CCS(=O)(=O)CC1)CN1CCS(=O)(=O)CC1. The Balaban J connectivity index is 1.65. The summed E-state index contributed by atoms with van der Waals surface area (Å²) in [6.07, 6.45) is 0.920. The molecule has 8 heteroatoms. The third-order valence-electron chi connectivity index (χ3n) is 4.24. The molecule has 0 spiro atoms. The van der Waals surface area contributed by atoms with Crippen LogP contribution in [0.4, 0.5) is 0 Å². The first-order chi connectivity index (χ1) is 9.76. The van der Waals surface area contributed by atoms with Gasteiger partial charge in [0.25, 0.3) is 0 Å². The van der Waals surface area contributed by atoms with E-state index in [2.05, 4.69) is 16.7 Å². The van der Waals surface area contributed by atoms with Crippen molar-refractivity contribution in [2.24, 2.45) is 5.92 Å². The van der Waals surface area contributed by atoms with Crippen LogP contribution in [0.3, 0.4) is 0 Å². The van der Waals surface area contributed by atoms with E-state index in [9.17, 15) is 16.8 Å². The van der Waals surface area contributed by atoms with E-state index in [1.807, 2.05) is 0 Å². The summed E-state index contributed by atoms with van der Waals surface area (Å²) in [5.41, 5.74) is 0. The molecule has 2 saturated heterocycles. The number of rotatable bonds is 5. The molecule has 2 aliphatic heterocycles. The summed E-state index contributed by atoms with van der Waals surface area (Å²) in [6.45, 7) is 8.30. The molecule has 2 rings (SSSR count). The molecule has 0 N–H and O–H groups in total. The van der Waals surface area contributed by atoms with E-state index in [1.165, 1.54) is 0 Å². The van der Waals surface area contributed by atoms with Crippen LogP contribution in [0.1, 0.15) is 6.42 Å². The smallest absolute Gasteiger partial charge is 0.152 e. The van der Waals surface area contributed by atoms with Gasteiger partial charge < -0.3 is 9.80 Å². The highest BCUT2D eigenvalue weighted by molar-refractivity contribution is 7.91. The van der Waals surface area contributed by atoms with Crippen molar-refractivity contribution in [2.75, 3.05) is 62.3 Å². The highest BCUT2D eigenvalue weighted by Gasteiger charge is 2.24. The molecule has 0 aromatic rings. The molecule has 6 nitrogen and oxygen atoms in total. The summed E-state index contributed by atoms with van der Waals surface area (Å²) < 4.78 is 45.4. The zero-order chi connectivity index (χ0) is 15.5. The van der Waals surface area contributed by atoms with Gasteiger partial charge in [-0.15, -0.1) is 0 Å². The minimum atomic E-state index is -2.82. The summed E-state index contributed by atoms with van der Waals surface area (Å²) in [7, 11) is -5.63. The lowest BCUT2D eigenvalue weighted by Crippen LogP contribution is -2.43. The molecule has 0 aromatic carbocycles. The number of hydrogen-bond donors (Lipinski definition) is 0. The molecule has 0 saturated carbocycles. The van der Waals surface area contributed by atoms with E-state index in [1.54, 1.807) is 0 Å². The average Bonchev–Trinajstić information content (AvgIpc) is 2.40. The fraction of sp³-hybridized carbons (Fsp3) is 0.923. The molecule has 1 atom stereocenters. The monoisotopic (exact) mass is 337 g/mol. The lowest BCUT2D eigenvalue weighted by atomic mass is 10.1. The average molecular weight is 337 g/mol. The molecule has 0 aromatic heterocycles. The molecule has 2 aliphatic rings. The Labute approximate surface area is 128 Å². The Bertz CT molecular complexity index is 517. The molecular formula is C13H25N2O4S2.